The van der Waals surface area contributed by atoms with Gasteiger partial charge in [0, 0.05) is 10.6 Å². The summed E-state index contributed by atoms with van der Waals surface area (Å²) in [5.74, 6) is 0.689. The predicted octanol–water partition coefficient (Wildman–Crippen LogP) is 5.96. The van der Waals surface area contributed by atoms with Crippen molar-refractivity contribution in [3.63, 3.8) is 0 Å². The van der Waals surface area contributed by atoms with Crippen molar-refractivity contribution in [2.45, 2.75) is 72.0 Å². The highest BCUT2D eigenvalue weighted by atomic mass is 31.4. The Hall–Kier alpha value is -1.31. The Kier molecular flexibility index (Phi) is 5.91. The minimum atomic E-state index is -1.75. The summed E-state index contributed by atoms with van der Waals surface area (Å²) in [6.07, 6.45) is 0. The van der Waals surface area contributed by atoms with Crippen LogP contribution in [0.2, 0.25) is 19.6 Å². The van der Waals surface area contributed by atoms with Crippen molar-refractivity contribution in [2.24, 2.45) is 0 Å². The number of phenols is 2. The summed E-state index contributed by atoms with van der Waals surface area (Å²) in [7, 11) is -2.57. The molecule has 2 rings (SSSR count). The van der Waals surface area contributed by atoms with Crippen LogP contribution in [0.25, 0.3) is 0 Å². The molecule has 0 aliphatic rings. The normalized spacial score (nSPS) is 13.3. The molecule has 0 saturated carbocycles. The molecule has 2 N–H and O–H groups in total. The highest BCUT2D eigenvalue weighted by Crippen LogP contribution is 2.49. The fraction of sp³-hybridized carbons (Fsp3) is 0.478. The quantitative estimate of drug-likeness (QED) is 0.491. The van der Waals surface area contributed by atoms with Crippen LogP contribution in [0.5, 0.6) is 11.5 Å². The van der Waals surface area contributed by atoms with Crippen LogP contribution in [-0.4, -0.2) is 18.0 Å². The van der Waals surface area contributed by atoms with E-state index in [1.807, 2.05) is 24.3 Å². The third-order valence-electron chi connectivity index (χ3n) is 4.84. The topological polar surface area (TPSA) is 40.5 Å². The van der Waals surface area contributed by atoms with Crippen molar-refractivity contribution in [2.75, 3.05) is 0 Å². The van der Waals surface area contributed by atoms with E-state index in [1.54, 1.807) is 0 Å². The number of aromatic hydroxyl groups is 2. The van der Waals surface area contributed by atoms with Gasteiger partial charge >= 0.3 is 0 Å². The largest absolute Gasteiger partial charge is 0.507 e. The van der Waals surface area contributed by atoms with Crippen LogP contribution in [0, 0.1) is 0 Å². The second-order valence-electron chi connectivity index (χ2n) is 10.4. The lowest BCUT2D eigenvalue weighted by Gasteiger charge is -2.33. The molecule has 2 nitrogen and oxygen atoms in total. The van der Waals surface area contributed by atoms with Crippen LogP contribution in [-0.2, 0) is 10.8 Å². The average molecular weight is 403 g/mol. The van der Waals surface area contributed by atoms with Gasteiger partial charge in [0.2, 0.25) is 0 Å². The first-order valence-electron chi connectivity index (χ1n) is 9.59. The summed E-state index contributed by atoms with van der Waals surface area (Å²) >= 11 is 0. The zero-order valence-electron chi connectivity index (χ0n) is 18.3. The number of phenolic OH excluding ortho intramolecular Hbond substituents is 2. The Morgan fingerprint density at radius 3 is 1.26 bits per heavy atom. The number of hydrogen-bond donors (Lipinski definition) is 2. The Labute approximate surface area is 167 Å². The van der Waals surface area contributed by atoms with Gasteiger partial charge in [0.05, 0.1) is 7.74 Å². The molecule has 148 valence electrons. The third-order valence-corrected chi connectivity index (χ3v) is 13.3. The second kappa shape index (κ2) is 7.26. The molecule has 0 fully saturated rings. The van der Waals surface area contributed by atoms with Crippen molar-refractivity contribution in [1.82, 2.24) is 0 Å². The van der Waals surface area contributed by atoms with E-state index in [9.17, 15) is 10.2 Å². The van der Waals surface area contributed by atoms with E-state index in [2.05, 4.69) is 73.3 Å². The summed E-state index contributed by atoms with van der Waals surface area (Å²) in [6, 6.07) is 12.0. The molecule has 27 heavy (non-hydrogen) atoms. The molecule has 2 aromatic carbocycles. The van der Waals surface area contributed by atoms with Crippen LogP contribution in [0.3, 0.4) is 0 Å². The fourth-order valence-electron chi connectivity index (χ4n) is 3.19. The van der Waals surface area contributed by atoms with Crippen LogP contribution in [0.1, 0.15) is 52.7 Å². The van der Waals surface area contributed by atoms with E-state index >= 15 is 0 Å². The van der Waals surface area contributed by atoms with Gasteiger partial charge in [-0.1, -0.05) is 80.8 Å². The molecule has 0 aromatic heterocycles. The van der Waals surface area contributed by atoms with Gasteiger partial charge in [-0.15, -0.1) is 0 Å². The Morgan fingerprint density at radius 1 is 0.667 bits per heavy atom. The molecule has 0 heterocycles. The van der Waals surface area contributed by atoms with E-state index < -0.39 is 15.2 Å². The standard InChI is InChI=1S/C23H35O2PSi/c1-22(2,3)16-10-12-18(24)20(14-16)26(27(7,8)9)21-15-17(23(4,5)6)11-13-19(21)25/h10-15,24-25H,1-9H3. The fourth-order valence-corrected chi connectivity index (χ4v) is 11.5. The predicted molar refractivity (Wildman–Crippen MR) is 123 cm³/mol. The number of benzene rings is 2. The molecule has 0 spiro atoms. The zero-order valence-corrected chi connectivity index (χ0v) is 20.2. The van der Waals surface area contributed by atoms with Gasteiger partial charge in [-0.25, -0.2) is 0 Å². The Bertz CT molecular complexity index is 760. The minimum Gasteiger partial charge on any atom is -0.507 e. The first-order valence-corrected chi connectivity index (χ1v) is 15.3. The number of rotatable bonds is 3. The van der Waals surface area contributed by atoms with E-state index in [4.69, 9.17) is 0 Å². The van der Waals surface area contributed by atoms with Crippen LogP contribution >= 0.6 is 7.47 Å². The lowest BCUT2D eigenvalue weighted by Crippen LogP contribution is -2.32. The van der Waals surface area contributed by atoms with Gasteiger partial charge in [-0.3, -0.25) is 0 Å². The second-order valence-corrected chi connectivity index (χ2v) is 21.8. The van der Waals surface area contributed by atoms with Gasteiger partial charge < -0.3 is 10.2 Å². The molecule has 0 saturated heterocycles. The van der Waals surface area contributed by atoms with E-state index in [1.165, 1.54) is 11.1 Å². The molecule has 0 aliphatic heterocycles. The first-order chi connectivity index (χ1) is 12.1. The highest BCUT2D eigenvalue weighted by molar-refractivity contribution is 8.04. The third kappa shape index (κ3) is 4.95. The van der Waals surface area contributed by atoms with Crippen molar-refractivity contribution in [3.8, 4) is 11.5 Å². The van der Waals surface area contributed by atoms with Crippen molar-refractivity contribution in [1.29, 1.82) is 0 Å². The Balaban J connectivity index is 2.77. The van der Waals surface area contributed by atoms with Crippen molar-refractivity contribution in [3.05, 3.63) is 47.5 Å². The molecular weight excluding hydrogens is 367 g/mol. The summed E-state index contributed by atoms with van der Waals surface area (Å²) in [6.45, 7) is 20.1. The Morgan fingerprint density at radius 2 is 1.00 bits per heavy atom. The summed E-state index contributed by atoms with van der Waals surface area (Å²) in [5.41, 5.74) is 2.45. The first kappa shape index (κ1) is 22.0. The summed E-state index contributed by atoms with van der Waals surface area (Å²) < 4.78 is 0. The summed E-state index contributed by atoms with van der Waals surface area (Å²) in [5, 5.41) is 23.5. The van der Waals surface area contributed by atoms with Gasteiger partial charge in [0.1, 0.15) is 11.5 Å². The maximum absolute atomic E-state index is 10.8. The lowest BCUT2D eigenvalue weighted by atomic mass is 9.87. The summed E-state index contributed by atoms with van der Waals surface area (Å²) in [4.78, 5) is 0. The molecule has 0 bridgehead atoms. The van der Waals surface area contributed by atoms with E-state index in [0.29, 0.717) is 11.5 Å². The van der Waals surface area contributed by atoms with Crippen molar-refractivity contribution < 1.29 is 10.2 Å². The van der Waals surface area contributed by atoms with Crippen LogP contribution < -0.4 is 10.6 Å². The zero-order chi connectivity index (χ0) is 20.8. The van der Waals surface area contributed by atoms with Gasteiger partial charge in [0.15, 0.2) is 0 Å². The van der Waals surface area contributed by atoms with Crippen LogP contribution in [0.15, 0.2) is 36.4 Å². The maximum Gasteiger partial charge on any atom is 0.123 e. The van der Waals surface area contributed by atoms with Gasteiger partial charge in [-0.05, 0) is 46.2 Å². The highest BCUT2D eigenvalue weighted by Gasteiger charge is 2.34. The van der Waals surface area contributed by atoms with Crippen LogP contribution in [0.4, 0.5) is 0 Å². The number of hydrogen-bond acceptors (Lipinski definition) is 2. The van der Waals surface area contributed by atoms with E-state index in [0.717, 1.165) is 10.6 Å². The molecule has 0 amide bonds. The minimum absolute atomic E-state index is 0.0121. The lowest BCUT2D eigenvalue weighted by molar-refractivity contribution is 0.478. The van der Waals surface area contributed by atoms with E-state index in [-0.39, 0.29) is 10.8 Å². The monoisotopic (exact) mass is 402 g/mol. The average Bonchev–Trinajstić information content (AvgIpc) is 2.47. The smallest absolute Gasteiger partial charge is 0.123 e. The molecule has 4 heteroatoms. The SMILES string of the molecule is CC(C)(C)c1ccc(O)c(P(c2cc(C(C)(C)C)ccc2O)[Si](C)(C)C)c1. The maximum atomic E-state index is 10.8. The van der Waals surface area contributed by atoms with Gasteiger partial charge in [-0.2, -0.15) is 0 Å². The van der Waals surface area contributed by atoms with Gasteiger partial charge in [0.25, 0.3) is 0 Å². The molecule has 0 unspecified atom stereocenters. The molecule has 0 atom stereocenters. The molecular formula is C23H35O2PSi. The molecule has 2 aromatic rings. The van der Waals surface area contributed by atoms with Crippen molar-refractivity contribution >= 4 is 25.8 Å². The molecule has 0 radical (unpaired) electrons. The molecule has 0 aliphatic carbocycles.